The van der Waals surface area contributed by atoms with Gasteiger partial charge in [0.15, 0.2) is 5.76 Å². The molecular formula is C16H16O6. The fraction of sp³-hybridized carbons (Fsp3) is 0.312. The van der Waals surface area contributed by atoms with Crippen LogP contribution in [-0.2, 0) is 14.3 Å². The number of benzene rings is 1. The molecule has 0 spiro atoms. The highest BCUT2D eigenvalue weighted by Gasteiger charge is 2.44. The molecule has 6 heteroatoms. The van der Waals surface area contributed by atoms with Crippen LogP contribution in [0.2, 0.25) is 0 Å². The van der Waals surface area contributed by atoms with Crippen LogP contribution < -0.4 is 0 Å². The molecular weight excluding hydrogens is 288 g/mol. The van der Waals surface area contributed by atoms with Crippen molar-refractivity contribution in [3.63, 3.8) is 0 Å². The maximum absolute atomic E-state index is 11.9. The van der Waals surface area contributed by atoms with Crippen molar-refractivity contribution in [1.82, 2.24) is 0 Å². The smallest absolute Gasteiger partial charge is 0.204 e. The number of aliphatic hydroxyl groups excluding tert-OH is 3. The normalized spacial score (nSPS) is 28.6. The van der Waals surface area contributed by atoms with Crippen LogP contribution in [0.25, 0.3) is 0 Å². The number of methoxy groups -OCH3 is 1. The van der Waals surface area contributed by atoms with Crippen LogP contribution in [-0.4, -0.2) is 40.4 Å². The fourth-order valence-corrected chi connectivity index (χ4v) is 2.84. The lowest BCUT2D eigenvalue weighted by molar-refractivity contribution is -0.129. The zero-order chi connectivity index (χ0) is 15.9. The summed E-state index contributed by atoms with van der Waals surface area (Å²) >= 11 is 0. The molecule has 3 atom stereocenters. The predicted molar refractivity (Wildman–Crippen MR) is 76.0 cm³/mol. The van der Waals surface area contributed by atoms with Crippen molar-refractivity contribution >= 4 is 5.78 Å². The second-order valence-corrected chi connectivity index (χ2v) is 5.21. The van der Waals surface area contributed by atoms with Gasteiger partial charge in [-0.1, -0.05) is 30.3 Å². The van der Waals surface area contributed by atoms with Crippen molar-refractivity contribution in [3.8, 4) is 0 Å². The largest absolute Gasteiger partial charge is 0.509 e. The molecule has 0 saturated heterocycles. The Kier molecular flexibility index (Phi) is 3.64. The molecule has 0 saturated carbocycles. The van der Waals surface area contributed by atoms with Crippen molar-refractivity contribution in [2.75, 3.05) is 7.11 Å². The van der Waals surface area contributed by atoms with Gasteiger partial charge in [-0.15, -0.1) is 0 Å². The number of Topliss-reactive ketones (excluding diaryl/α,β-unsaturated/α-hetero) is 1. The molecule has 0 aromatic heterocycles. The summed E-state index contributed by atoms with van der Waals surface area (Å²) in [5.74, 6) is -1.52. The Morgan fingerprint density at radius 3 is 2.55 bits per heavy atom. The van der Waals surface area contributed by atoms with Gasteiger partial charge in [0.25, 0.3) is 0 Å². The summed E-state index contributed by atoms with van der Waals surface area (Å²) in [7, 11) is 1.26. The number of hydrogen-bond donors (Lipinski definition) is 3. The summed E-state index contributed by atoms with van der Waals surface area (Å²) in [6.07, 6.45) is -3.02. The van der Waals surface area contributed by atoms with E-state index in [4.69, 9.17) is 9.47 Å². The Balaban J connectivity index is 2.05. The zero-order valence-electron chi connectivity index (χ0n) is 11.9. The maximum atomic E-state index is 11.9. The summed E-state index contributed by atoms with van der Waals surface area (Å²) < 4.78 is 10.6. The van der Waals surface area contributed by atoms with Gasteiger partial charge in [-0.2, -0.15) is 0 Å². The molecule has 1 aliphatic carbocycles. The average molecular weight is 304 g/mol. The van der Waals surface area contributed by atoms with Crippen LogP contribution in [0.1, 0.15) is 18.1 Å². The molecule has 1 aromatic rings. The first-order valence-electron chi connectivity index (χ1n) is 6.87. The van der Waals surface area contributed by atoms with Gasteiger partial charge >= 0.3 is 0 Å². The number of allylic oxidation sites excluding steroid dienone is 1. The van der Waals surface area contributed by atoms with Crippen LogP contribution in [0.4, 0.5) is 0 Å². The Morgan fingerprint density at radius 1 is 1.23 bits per heavy atom. The third-order valence-corrected chi connectivity index (χ3v) is 3.90. The van der Waals surface area contributed by atoms with Gasteiger partial charge in [-0.3, -0.25) is 4.79 Å². The minimum Gasteiger partial charge on any atom is -0.509 e. The Labute approximate surface area is 126 Å². The molecule has 3 N–H and O–H groups in total. The number of rotatable bonds is 2. The van der Waals surface area contributed by atoms with Crippen LogP contribution in [0, 0.1) is 0 Å². The molecule has 22 heavy (non-hydrogen) atoms. The number of carbonyl (C=O) groups is 1. The van der Waals surface area contributed by atoms with Crippen molar-refractivity contribution in [2.24, 2.45) is 0 Å². The number of carbonyl (C=O) groups excluding carboxylic acids is 1. The highest BCUT2D eigenvalue weighted by Crippen LogP contribution is 2.41. The monoisotopic (exact) mass is 304 g/mol. The van der Waals surface area contributed by atoms with Gasteiger partial charge in [0.1, 0.15) is 18.0 Å². The van der Waals surface area contributed by atoms with E-state index in [0.29, 0.717) is 5.56 Å². The molecule has 2 aliphatic rings. The molecule has 1 unspecified atom stereocenters. The first kappa shape index (κ1) is 14.6. The quantitative estimate of drug-likeness (QED) is 0.769. The van der Waals surface area contributed by atoms with E-state index in [9.17, 15) is 20.1 Å². The third kappa shape index (κ3) is 2.17. The number of hydrogen-bond acceptors (Lipinski definition) is 6. The zero-order valence-corrected chi connectivity index (χ0v) is 11.9. The number of ether oxygens (including phenoxy) is 2. The van der Waals surface area contributed by atoms with Crippen LogP contribution in [0.5, 0.6) is 0 Å². The number of ketones is 1. The van der Waals surface area contributed by atoms with Gasteiger partial charge in [0, 0.05) is 6.42 Å². The maximum Gasteiger partial charge on any atom is 0.204 e. The van der Waals surface area contributed by atoms with E-state index >= 15 is 0 Å². The van der Waals surface area contributed by atoms with Gasteiger partial charge in [-0.05, 0) is 5.56 Å². The summed E-state index contributed by atoms with van der Waals surface area (Å²) in [6.45, 7) is 0. The summed E-state index contributed by atoms with van der Waals surface area (Å²) in [5.41, 5.74) is 0.685. The summed E-state index contributed by atoms with van der Waals surface area (Å²) in [6, 6.07) is 8.91. The summed E-state index contributed by atoms with van der Waals surface area (Å²) in [4.78, 5) is 11.9. The summed E-state index contributed by atoms with van der Waals surface area (Å²) in [5, 5.41) is 30.6. The highest BCUT2D eigenvalue weighted by atomic mass is 16.5. The molecule has 0 bridgehead atoms. The average Bonchev–Trinajstić information content (AvgIpc) is 2.51. The standard InChI is InChI=1S/C16H16O6/c1-21-16-9(17)7-10-11(13(16)19)12(18)14(20)15(22-10)8-5-3-2-4-6-8/h2-6,10,14-15,18-20H,7H2,1H3/t10?,14-,15+/m1/s1. The number of fused-ring (bicyclic) bond motifs is 1. The molecule has 3 rings (SSSR count). The fourth-order valence-electron chi connectivity index (χ4n) is 2.84. The predicted octanol–water partition coefficient (Wildman–Crippen LogP) is 1.69. The topological polar surface area (TPSA) is 96.2 Å². The van der Waals surface area contributed by atoms with Crippen LogP contribution in [0.15, 0.2) is 53.2 Å². The SMILES string of the molecule is COC1=C(O)C2=C(O)[C@@H](O)[C@H](c3ccccc3)OC2CC1=O. The van der Waals surface area contributed by atoms with E-state index in [1.807, 2.05) is 6.07 Å². The van der Waals surface area contributed by atoms with Crippen LogP contribution in [0.3, 0.4) is 0 Å². The molecule has 6 nitrogen and oxygen atoms in total. The molecule has 1 aliphatic heterocycles. The van der Waals surface area contributed by atoms with Gasteiger partial charge in [-0.25, -0.2) is 0 Å². The first-order valence-corrected chi connectivity index (χ1v) is 6.87. The molecule has 0 fully saturated rings. The molecule has 0 amide bonds. The van der Waals surface area contributed by atoms with Crippen molar-refractivity contribution in [3.05, 3.63) is 58.7 Å². The lowest BCUT2D eigenvalue weighted by Gasteiger charge is -2.37. The van der Waals surface area contributed by atoms with Crippen molar-refractivity contribution in [1.29, 1.82) is 0 Å². The minimum absolute atomic E-state index is 0.0103. The number of aliphatic hydroxyl groups is 3. The Bertz CT molecular complexity index is 660. The second kappa shape index (κ2) is 5.47. The van der Waals surface area contributed by atoms with E-state index in [0.717, 1.165) is 0 Å². The highest BCUT2D eigenvalue weighted by molar-refractivity contribution is 5.97. The minimum atomic E-state index is -1.33. The Hall–Kier alpha value is -2.31. The van der Waals surface area contributed by atoms with Gasteiger partial charge in [0.2, 0.25) is 11.5 Å². The Morgan fingerprint density at radius 2 is 1.91 bits per heavy atom. The molecule has 1 aromatic carbocycles. The lowest BCUT2D eigenvalue weighted by Crippen LogP contribution is -2.40. The lowest BCUT2D eigenvalue weighted by atomic mass is 9.87. The molecule has 116 valence electrons. The first-order chi connectivity index (χ1) is 10.5. The van der Waals surface area contributed by atoms with E-state index < -0.39 is 35.6 Å². The van der Waals surface area contributed by atoms with Crippen molar-refractivity contribution in [2.45, 2.75) is 24.7 Å². The van der Waals surface area contributed by atoms with Gasteiger partial charge in [0.05, 0.1) is 18.8 Å². The van der Waals surface area contributed by atoms with Gasteiger partial charge < -0.3 is 24.8 Å². The van der Waals surface area contributed by atoms with Crippen molar-refractivity contribution < 1.29 is 29.6 Å². The third-order valence-electron chi connectivity index (χ3n) is 3.90. The molecule has 1 heterocycles. The molecule has 0 radical (unpaired) electrons. The van der Waals surface area contributed by atoms with E-state index in [1.165, 1.54) is 7.11 Å². The van der Waals surface area contributed by atoms with E-state index in [-0.39, 0.29) is 17.8 Å². The van der Waals surface area contributed by atoms with E-state index in [2.05, 4.69) is 0 Å². The van der Waals surface area contributed by atoms with Crippen LogP contribution >= 0.6 is 0 Å². The van der Waals surface area contributed by atoms with E-state index in [1.54, 1.807) is 24.3 Å². The second-order valence-electron chi connectivity index (χ2n) is 5.21.